The van der Waals surface area contributed by atoms with Crippen molar-refractivity contribution in [2.45, 2.75) is 12.8 Å². The molecule has 18 heavy (non-hydrogen) atoms. The lowest BCUT2D eigenvalue weighted by Crippen LogP contribution is -2.20. The smallest absolute Gasteiger partial charge is 0.307 e. The van der Waals surface area contributed by atoms with E-state index in [1.54, 1.807) is 0 Å². The average molecular weight is 253 g/mol. The van der Waals surface area contributed by atoms with Crippen molar-refractivity contribution in [2.75, 3.05) is 0 Å². The Morgan fingerprint density at radius 3 is 2.50 bits per heavy atom. The largest absolute Gasteiger partial charge is 0.481 e. The van der Waals surface area contributed by atoms with Gasteiger partial charge in [-0.2, -0.15) is 0 Å². The molecule has 2 N–H and O–H groups in total. The molecular weight excluding hydrogens is 242 g/mol. The van der Waals surface area contributed by atoms with Gasteiger partial charge < -0.3 is 10.2 Å². The number of nitrogens with zero attached hydrogens (tertiary/aromatic N) is 1. The van der Waals surface area contributed by atoms with E-state index in [0.717, 1.165) is 0 Å². The summed E-state index contributed by atoms with van der Waals surface area (Å²) >= 11 is 0. The van der Waals surface area contributed by atoms with E-state index >= 15 is 0 Å². The number of carboxylic acid groups (broad SMARTS) is 2. The lowest BCUT2D eigenvalue weighted by Gasteiger charge is -2.09. The molecule has 0 aliphatic rings. The Morgan fingerprint density at radius 1 is 1.33 bits per heavy atom. The van der Waals surface area contributed by atoms with E-state index in [4.69, 9.17) is 10.2 Å². The van der Waals surface area contributed by atoms with Crippen LogP contribution in [0.15, 0.2) is 24.3 Å². The van der Waals surface area contributed by atoms with Gasteiger partial charge in [0, 0.05) is 12.1 Å². The van der Waals surface area contributed by atoms with Crippen LogP contribution < -0.4 is 0 Å². The third-order valence-corrected chi connectivity index (χ3v) is 2.37. The molecule has 0 amide bonds. The van der Waals surface area contributed by atoms with Crippen molar-refractivity contribution in [1.82, 2.24) is 0 Å². The molecule has 0 aliphatic carbocycles. The van der Waals surface area contributed by atoms with Crippen LogP contribution in [0.4, 0.5) is 5.69 Å². The summed E-state index contributed by atoms with van der Waals surface area (Å²) in [6.07, 6.45) is -0.568. The number of aliphatic carboxylic acids is 2. The summed E-state index contributed by atoms with van der Waals surface area (Å²) in [7, 11) is 0. The first-order valence-corrected chi connectivity index (χ1v) is 5.08. The first-order valence-electron chi connectivity index (χ1n) is 5.08. The molecule has 0 saturated heterocycles. The SMILES string of the molecule is O=C(O)CC(Cc1cccc([N+](=O)[O-])c1)C(=O)O. The second kappa shape index (κ2) is 5.76. The van der Waals surface area contributed by atoms with Crippen LogP contribution in [0.2, 0.25) is 0 Å². The molecule has 1 atom stereocenters. The standard InChI is InChI=1S/C11H11NO6/c13-10(14)6-8(11(15)16)4-7-2-1-3-9(5-7)12(17)18/h1-3,5,8H,4,6H2,(H,13,14)(H,15,16). The predicted molar refractivity (Wildman–Crippen MR) is 60.2 cm³/mol. The molecule has 1 rings (SSSR count). The Bertz CT molecular complexity index is 484. The topological polar surface area (TPSA) is 118 Å². The lowest BCUT2D eigenvalue weighted by atomic mass is 9.96. The highest BCUT2D eigenvalue weighted by molar-refractivity contribution is 5.78. The average Bonchev–Trinajstić information content (AvgIpc) is 2.27. The van der Waals surface area contributed by atoms with Gasteiger partial charge in [-0.1, -0.05) is 12.1 Å². The van der Waals surface area contributed by atoms with E-state index < -0.39 is 29.2 Å². The molecule has 0 radical (unpaired) electrons. The van der Waals surface area contributed by atoms with Crippen molar-refractivity contribution >= 4 is 17.6 Å². The molecule has 7 nitrogen and oxygen atoms in total. The van der Waals surface area contributed by atoms with Gasteiger partial charge in [-0.15, -0.1) is 0 Å². The van der Waals surface area contributed by atoms with Crippen LogP contribution in [-0.4, -0.2) is 27.1 Å². The second-order valence-corrected chi connectivity index (χ2v) is 3.76. The van der Waals surface area contributed by atoms with E-state index in [0.29, 0.717) is 5.56 Å². The van der Waals surface area contributed by atoms with Crippen LogP contribution >= 0.6 is 0 Å². The monoisotopic (exact) mass is 253 g/mol. The molecule has 1 unspecified atom stereocenters. The van der Waals surface area contributed by atoms with Gasteiger partial charge in [0.05, 0.1) is 17.3 Å². The zero-order valence-corrected chi connectivity index (χ0v) is 9.28. The third kappa shape index (κ3) is 3.85. The molecule has 96 valence electrons. The van der Waals surface area contributed by atoms with Gasteiger partial charge in [-0.05, 0) is 12.0 Å². The number of hydrogen-bond acceptors (Lipinski definition) is 4. The molecule has 0 aromatic heterocycles. The summed E-state index contributed by atoms with van der Waals surface area (Å²) in [6.45, 7) is 0. The number of nitro benzene ring substituents is 1. The van der Waals surface area contributed by atoms with Gasteiger partial charge in [0.15, 0.2) is 0 Å². The van der Waals surface area contributed by atoms with Crippen LogP contribution in [0.25, 0.3) is 0 Å². The molecule has 1 aromatic carbocycles. The molecule has 0 saturated carbocycles. The maximum Gasteiger partial charge on any atom is 0.307 e. The number of carbonyl (C=O) groups is 2. The fraction of sp³-hybridized carbons (Fsp3) is 0.273. The van der Waals surface area contributed by atoms with Crippen molar-refractivity contribution in [3.05, 3.63) is 39.9 Å². The number of non-ortho nitro benzene ring substituents is 1. The van der Waals surface area contributed by atoms with Gasteiger partial charge in [0.25, 0.3) is 5.69 Å². The van der Waals surface area contributed by atoms with Crippen LogP contribution in [0.3, 0.4) is 0 Å². The van der Waals surface area contributed by atoms with E-state index in [1.165, 1.54) is 24.3 Å². The van der Waals surface area contributed by atoms with Gasteiger partial charge >= 0.3 is 11.9 Å². The quantitative estimate of drug-likeness (QED) is 0.583. The normalized spacial score (nSPS) is 11.8. The molecular formula is C11H11NO6. The summed E-state index contributed by atoms with van der Waals surface area (Å²) in [5.41, 5.74) is 0.282. The first-order chi connectivity index (χ1) is 8.40. The number of hydrogen-bond donors (Lipinski definition) is 2. The van der Waals surface area contributed by atoms with Gasteiger partial charge in [-0.3, -0.25) is 19.7 Å². The van der Waals surface area contributed by atoms with E-state index in [-0.39, 0.29) is 12.1 Å². The van der Waals surface area contributed by atoms with Crippen LogP contribution in [-0.2, 0) is 16.0 Å². The highest BCUT2D eigenvalue weighted by Crippen LogP contribution is 2.18. The maximum absolute atomic E-state index is 10.9. The van der Waals surface area contributed by atoms with Crippen molar-refractivity contribution in [3.63, 3.8) is 0 Å². The van der Waals surface area contributed by atoms with E-state index in [9.17, 15) is 19.7 Å². The fourth-order valence-electron chi connectivity index (χ4n) is 1.54. The Hall–Kier alpha value is -2.44. The zero-order valence-electron chi connectivity index (χ0n) is 9.28. The minimum Gasteiger partial charge on any atom is -0.481 e. The Morgan fingerprint density at radius 2 is 2.00 bits per heavy atom. The van der Waals surface area contributed by atoms with Crippen LogP contribution in [0.1, 0.15) is 12.0 Å². The third-order valence-electron chi connectivity index (χ3n) is 2.37. The molecule has 7 heteroatoms. The lowest BCUT2D eigenvalue weighted by molar-refractivity contribution is -0.384. The zero-order chi connectivity index (χ0) is 13.7. The van der Waals surface area contributed by atoms with Crippen LogP contribution in [0.5, 0.6) is 0 Å². The Balaban J connectivity index is 2.86. The van der Waals surface area contributed by atoms with Crippen LogP contribution in [0, 0.1) is 16.0 Å². The fourth-order valence-corrected chi connectivity index (χ4v) is 1.54. The van der Waals surface area contributed by atoms with E-state index in [2.05, 4.69) is 0 Å². The summed E-state index contributed by atoms with van der Waals surface area (Å²) in [4.78, 5) is 31.3. The predicted octanol–water partition coefficient (Wildman–Crippen LogP) is 1.31. The van der Waals surface area contributed by atoms with Crippen molar-refractivity contribution < 1.29 is 24.7 Å². The summed E-state index contributed by atoms with van der Waals surface area (Å²) in [5.74, 6) is -3.54. The van der Waals surface area contributed by atoms with Crippen molar-refractivity contribution in [2.24, 2.45) is 5.92 Å². The minimum absolute atomic E-state index is 0.0523. The molecule has 0 spiro atoms. The Labute approximate surface area is 102 Å². The molecule has 1 aromatic rings. The van der Waals surface area contributed by atoms with E-state index in [1.807, 2.05) is 0 Å². The maximum atomic E-state index is 10.9. The highest BCUT2D eigenvalue weighted by atomic mass is 16.6. The summed E-state index contributed by atoms with van der Waals surface area (Å²) in [5, 5.41) is 28.0. The second-order valence-electron chi connectivity index (χ2n) is 3.76. The summed E-state index contributed by atoms with van der Waals surface area (Å²) in [6, 6.07) is 5.51. The molecule has 0 heterocycles. The Kier molecular flexibility index (Phi) is 4.36. The first kappa shape index (κ1) is 13.6. The molecule has 0 fully saturated rings. The number of carboxylic acids is 2. The minimum atomic E-state index is -1.23. The van der Waals surface area contributed by atoms with Crippen molar-refractivity contribution in [3.8, 4) is 0 Å². The molecule has 0 bridgehead atoms. The molecule has 0 aliphatic heterocycles. The number of rotatable bonds is 6. The number of nitro groups is 1. The van der Waals surface area contributed by atoms with Crippen molar-refractivity contribution in [1.29, 1.82) is 0 Å². The highest BCUT2D eigenvalue weighted by Gasteiger charge is 2.22. The van der Waals surface area contributed by atoms with Gasteiger partial charge in [0.2, 0.25) is 0 Å². The van der Waals surface area contributed by atoms with Gasteiger partial charge in [0.1, 0.15) is 0 Å². The summed E-state index contributed by atoms with van der Waals surface area (Å²) < 4.78 is 0. The number of benzene rings is 1. The van der Waals surface area contributed by atoms with Gasteiger partial charge in [-0.25, -0.2) is 0 Å².